The van der Waals surface area contributed by atoms with Crippen LogP contribution in [0.2, 0.25) is 0 Å². The number of anilines is 1. The summed E-state index contributed by atoms with van der Waals surface area (Å²) in [6.07, 6.45) is -2.63. The number of amides is 1. The zero-order valence-electron chi connectivity index (χ0n) is 11.3. The van der Waals surface area contributed by atoms with E-state index in [0.717, 1.165) is 18.6 Å². The fourth-order valence-electron chi connectivity index (χ4n) is 1.80. The van der Waals surface area contributed by atoms with E-state index in [4.69, 9.17) is 5.73 Å². The third kappa shape index (κ3) is 5.61. The summed E-state index contributed by atoms with van der Waals surface area (Å²) in [7, 11) is 0. The zero-order chi connectivity index (χ0) is 15.2. The number of carbonyl (C=O) groups is 1. The van der Waals surface area contributed by atoms with Crippen LogP contribution in [0.25, 0.3) is 0 Å². The molecule has 0 bridgehead atoms. The Labute approximate surface area is 116 Å². The molecule has 0 radical (unpaired) electrons. The van der Waals surface area contributed by atoms with E-state index in [9.17, 15) is 18.0 Å². The first-order chi connectivity index (χ1) is 9.32. The highest BCUT2D eigenvalue weighted by Crippen LogP contribution is 2.30. The molecule has 0 aliphatic carbocycles. The Bertz CT molecular complexity index is 446. The summed E-state index contributed by atoms with van der Waals surface area (Å²) in [5.74, 6) is 0.0421. The molecule has 20 heavy (non-hydrogen) atoms. The average molecular weight is 288 g/mol. The number of nitrogens with one attached hydrogen (secondary N) is 1. The SMILES string of the molecule is CC(CCN)CCC(=O)Nc1cccc(C(F)(F)F)c1. The van der Waals surface area contributed by atoms with Crippen LogP contribution in [0, 0.1) is 5.92 Å². The second-order valence-corrected chi connectivity index (χ2v) is 4.85. The van der Waals surface area contributed by atoms with Crippen LogP contribution in [0.1, 0.15) is 31.7 Å². The normalized spacial score (nSPS) is 13.1. The van der Waals surface area contributed by atoms with Gasteiger partial charge in [0.2, 0.25) is 5.91 Å². The molecular formula is C14H19F3N2O. The molecule has 0 spiro atoms. The predicted molar refractivity (Wildman–Crippen MR) is 72.1 cm³/mol. The first-order valence-electron chi connectivity index (χ1n) is 6.50. The fraction of sp³-hybridized carbons (Fsp3) is 0.500. The van der Waals surface area contributed by atoms with Gasteiger partial charge in [-0.2, -0.15) is 13.2 Å². The van der Waals surface area contributed by atoms with E-state index >= 15 is 0 Å². The highest BCUT2D eigenvalue weighted by Gasteiger charge is 2.30. The second-order valence-electron chi connectivity index (χ2n) is 4.85. The number of hydrogen-bond acceptors (Lipinski definition) is 2. The zero-order valence-corrected chi connectivity index (χ0v) is 11.3. The van der Waals surface area contributed by atoms with E-state index in [0.29, 0.717) is 18.9 Å². The first-order valence-corrected chi connectivity index (χ1v) is 6.50. The van der Waals surface area contributed by atoms with Gasteiger partial charge in [0, 0.05) is 12.1 Å². The van der Waals surface area contributed by atoms with Crippen molar-refractivity contribution in [2.75, 3.05) is 11.9 Å². The van der Waals surface area contributed by atoms with E-state index in [1.165, 1.54) is 12.1 Å². The van der Waals surface area contributed by atoms with Crippen molar-refractivity contribution in [2.24, 2.45) is 11.7 Å². The maximum atomic E-state index is 12.5. The monoisotopic (exact) mass is 288 g/mol. The summed E-state index contributed by atoms with van der Waals surface area (Å²) in [4.78, 5) is 11.7. The molecule has 3 N–H and O–H groups in total. The van der Waals surface area contributed by atoms with Gasteiger partial charge < -0.3 is 11.1 Å². The summed E-state index contributed by atoms with van der Waals surface area (Å²) < 4.78 is 37.6. The van der Waals surface area contributed by atoms with Crippen LogP contribution in [0.15, 0.2) is 24.3 Å². The highest BCUT2D eigenvalue weighted by atomic mass is 19.4. The molecule has 0 aliphatic heterocycles. The minimum atomic E-state index is -4.41. The van der Waals surface area contributed by atoms with Crippen LogP contribution < -0.4 is 11.1 Å². The molecule has 0 heterocycles. The summed E-state index contributed by atoms with van der Waals surface area (Å²) in [6, 6.07) is 4.62. The third-order valence-electron chi connectivity index (χ3n) is 3.00. The summed E-state index contributed by atoms with van der Waals surface area (Å²) in [5.41, 5.74) is 4.80. The lowest BCUT2D eigenvalue weighted by Gasteiger charge is -2.11. The summed E-state index contributed by atoms with van der Waals surface area (Å²) >= 11 is 0. The van der Waals surface area contributed by atoms with E-state index in [-0.39, 0.29) is 18.0 Å². The number of nitrogens with two attached hydrogens (primary N) is 1. The fourth-order valence-corrected chi connectivity index (χ4v) is 1.80. The number of carbonyl (C=O) groups excluding carboxylic acids is 1. The molecule has 1 rings (SSSR count). The van der Waals surface area contributed by atoms with Crippen molar-refractivity contribution >= 4 is 11.6 Å². The van der Waals surface area contributed by atoms with Gasteiger partial charge in [-0.3, -0.25) is 4.79 Å². The third-order valence-corrected chi connectivity index (χ3v) is 3.00. The van der Waals surface area contributed by atoms with Crippen molar-refractivity contribution in [1.29, 1.82) is 0 Å². The molecule has 6 heteroatoms. The van der Waals surface area contributed by atoms with Crippen LogP contribution in [0.5, 0.6) is 0 Å². The molecule has 3 nitrogen and oxygen atoms in total. The van der Waals surface area contributed by atoms with E-state index < -0.39 is 11.7 Å². The first kappa shape index (κ1) is 16.5. The second kappa shape index (κ2) is 7.28. The lowest BCUT2D eigenvalue weighted by Crippen LogP contribution is -2.14. The number of hydrogen-bond donors (Lipinski definition) is 2. The van der Waals surface area contributed by atoms with Gasteiger partial charge in [0.05, 0.1) is 5.56 Å². The van der Waals surface area contributed by atoms with Gasteiger partial charge >= 0.3 is 6.18 Å². The van der Waals surface area contributed by atoms with Crippen LogP contribution in [-0.2, 0) is 11.0 Å². The Hall–Kier alpha value is -1.56. The molecule has 0 aromatic heterocycles. The minimum absolute atomic E-state index is 0.163. The lowest BCUT2D eigenvalue weighted by molar-refractivity contribution is -0.137. The van der Waals surface area contributed by atoms with E-state index in [1.807, 2.05) is 6.92 Å². The molecule has 0 aliphatic rings. The van der Waals surface area contributed by atoms with Crippen molar-refractivity contribution in [2.45, 2.75) is 32.4 Å². The van der Waals surface area contributed by atoms with Gasteiger partial charge in [0.25, 0.3) is 0 Å². The van der Waals surface area contributed by atoms with Gasteiger partial charge in [0.15, 0.2) is 0 Å². The van der Waals surface area contributed by atoms with E-state index in [2.05, 4.69) is 5.32 Å². The predicted octanol–water partition coefficient (Wildman–Crippen LogP) is 3.41. The van der Waals surface area contributed by atoms with Crippen molar-refractivity contribution in [3.05, 3.63) is 29.8 Å². The summed E-state index contributed by atoms with van der Waals surface area (Å²) in [6.45, 7) is 2.56. The average Bonchev–Trinajstić information content (AvgIpc) is 2.36. The van der Waals surface area contributed by atoms with Gasteiger partial charge in [-0.25, -0.2) is 0 Å². The smallest absolute Gasteiger partial charge is 0.330 e. The van der Waals surface area contributed by atoms with Crippen molar-refractivity contribution < 1.29 is 18.0 Å². The topological polar surface area (TPSA) is 55.1 Å². The number of rotatable bonds is 6. The maximum absolute atomic E-state index is 12.5. The van der Waals surface area contributed by atoms with Crippen molar-refractivity contribution in [3.8, 4) is 0 Å². The van der Waals surface area contributed by atoms with E-state index in [1.54, 1.807) is 0 Å². The lowest BCUT2D eigenvalue weighted by atomic mass is 10.0. The highest BCUT2D eigenvalue weighted by molar-refractivity contribution is 5.90. The van der Waals surface area contributed by atoms with Gasteiger partial charge in [-0.05, 0) is 43.5 Å². The Morgan fingerprint density at radius 3 is 2.65 bits per heavy atom. The van der Waals surface area contributed by atoms with Gasteiger partial charge in [-0.15, -0.1) is 0 Å². The summed E-state index contributed by atoms with van der Waals surface area (Å²) in [5, 5.41) is 2.48. The molecule has 0 saturated carbocycles. The molecule has 0 saturated heterocycles. The maximum Gasteiger partial charge on any atom is 0.416 e. The van der Waals surface area contributed by atoms with Gasteiger partial charge in [-0.1, -0.05) is 13.0 Å². The number of benzene rings is 1. The van der Waals surface area contributed by atoms with Crippen molar-refractivity contribution in [3.63, 3.8) is 0 Å². The van der Waals surface area contributed by atoms with Crippen LogP contribution in [0.3, 0.4) is 0 Å². The minimum Gasteiger partial charge on any atom is -0.330 e. The van der Waals surface area contributed by atoms with Gasteiger partial charge in [0.1, 0.15) is 0 Å². The number of halogens is 3. The van der Waals surface area contributed by atoms with Crippen LogP contribution in [-0.4, -0.2) is 12.5 Å². The Balaban J connectivity index is 2.54. The Morgan fingerprint density at radius 1 is 1.35 bits per heavy atom. The standard InChI is InChI=1S/C14H19F3N2O/c1-10(7-8-18)5-6-13(20)19-12-4-2-3-11(9-12)14(15,16)17/h2-4,9-10H,5-8,18H2,1H3,(H,19,20). The molecule has 0 fully saturated rings. The molecule has 112 valence electrons. The Kier molecular flexibility index (Phi) is 6.01. The molecule has 1 unspecified atom stereocenters. The molecule has 1 amide bonds. The number of alkyl halides is 3. The van der Waals surface area contributed by atoms with Crippen LogP contribution in [0.4, 0.5) is 18.9 Å². The molecule has 1 aromatic rings. The quantitative estimate of drug-likeness (QED) is 0.842. The molecule has 1 atom stereocenters. The van der Waals surface area contributed by atoms with Crippen molar-refractivity contribution in [1.82, 2.24) is 0 Å². The molecule has 1 aromatic carbocycles. The Morgan fingerprint density at radius 2 is 2.05 bits per heavy atom. The van der Waals surface area contributed by atoms with Crippen LogP contribution >= 0.6 is 0 Å². The largest absolute Gasteiger partial charge is 0.416 e. The molecular weight excluding hydrogens is 269 g/mol.